The number of hydrogen-bond acceptors (Lipinski definition) is 3. The van der Waals surface area contributed by atoms with Crippen molar-refractivity contribution in [1.82, 2.24) is 10.0 Å². The zero-order valence-electron chi connectivity index (χ0n) is 12.0. The normalized spacial score (nSPS) is 11.3. The summed E-state index contributed by atoms with van der Waals surface area (Å²) < 4.78 is 25.9. The highest BCUT2D eigenvalue weighted by Gasteiger charge is 2.13. The summed E-state index contributed by atoms with van der Waals surface area (Å²) >= 11 is 0. The standard InChI is InChI=1S/C14H22N2O3S/c1-3-5-6-11-15-14(17)12-7-9-13(10-8-12)20(18,19)16-4-2/h7-10,16H,3-6,11H2,1-2H3,(H,15,17). The number of rotatable bonds is 8. The smallest absolute Gasteiger partial charge is 0.251 e. The van der Waals surface area contributed by atoms with Crippen LogP contribution < -0.4 is 10.0 Å². The van der Waals surface area contributed by atoms with Gasteiger partial charge in [-0.1, -0.05) is 26.7 Å². The fraction of sp³-hybridized carbons (Fsp3) is 0.500. The molecule has 0 aliphatic rings. The molecule has 0 bridgehead atoms. The van der Waals surface area contributed by atoms with Gasteiger partial charge in [0.1, 0.15) is 0 Å². The first-order chi connectivity index (χ1) is 9.51. The van der Waals surface area contributed by atoms with Crippen LogP contribution >= 0.6 is 0 Å². The monoisotopic (exact) mass is 298 g/mol. The van der Waals surface area contributed by atoms with Crippen LogP contribution in [0.3, 0.4) is 0 Å². The van der Waals surface area contributed by atoms with Crippen molar-refractivity contribution < 1.29 is 13.2 Å². The van der Waals surface area contributed by atoms with Crippen molar-refractivity contribution in [1.29, 1.82) is 0 Å². The van der Waals surface area contributed by atoms with Gasteiger partial charge < -0.3 is 5.32 Å². The molecule has 0 aromatic heterocycles. The van der Waals surface area contributed by atoms with E-state index in [0.717, 1.165) is 19.3 Å². The van der Waals surface area contributed by atoms with E-state index in [4.69, 9.17) is 0 Å². The van der Waals surface area contributed by atoms with E-state index in [1.807, 2.05) is 0 Å². The van der Waals surface area contributed by atoms with E-state index in [-0.39, 0.29) is 10.8 Å². The lowest BCUT2D eigenvalue weighted by Gasteiger charge is -2.07. The van der Waals surface area contributed by atoms with Gasteiger partial charge in [-0.2, -0.15) is 0 Å². The molecule has 0 atom stereocenters. The molecule has 1 rings (SSSR count). The predicted octanol–water partition coefficient (Wildman–Crippen LogP) is 1.90. The Morgan fingerprint density at radius 1 is 1.10 bits per heavy atom. The van der Waals surface area contributed by atoms with Crippen molar-refractivity contribution in [3.8, 4) is 0 Å². The summed E-state index contributed by atoms with van der Waals surface area (Å²) in [6, 6.07) is 5.94. The van der Waals surface area contributed by atoms with Crippen molar-refractivity contribution in [2.45, 2.75) is 38.0 Å². The molecule has 2 N–H and O–H groups in total. The topological polar surface area (TPSA) is 75.3 Å². The maximum Gasteiger partial charge on any atom is 0.251 e. The third-order valence-corrected chi connectivity index (χ3v) is 4.39. The molecule has 1 aromatic rings. The Morgan fingerprint density at radius 3 is 2.30 bits per heavy atom. The third kappa shape index (κ3) is 4.94. The summed E-state index contributed by atoms with van der Waals surface area (Å²) in [4.78, 5) is 12.0. The van der Waals surface area contributed by atoms with Crippen molar-refractivity contribution in [2.24, 2.45) is 0 Å². The molecule has 0 fully saturated rings. The van der Waals surface area contributed by atoms with Crippen LogP contribution in [0.25, 0.3) is 0 Å². The number of nitrogens with one attached hydrogen (secondary N) is 2. The van der Waals surface area contributed by atoms with Gasteiger partial charge in [0.25, 0.3) is 5.91 Å². The lowest BCUT2D eigenvalue weighted by molar-refractivity contribution is 0.0953. The quantitative estimate of drug-likeness (QED) is 0.720. The van der Waals surface area contributed by atoms with E-state index in [2.05, 4.69) is 17.0 Å². The van der Waals surface area contributed by atoms with Gasteiger partial charge >= 0.3 is 0 Å². The van der Waals surface area contributed by atoms with Crippen LogP contribution in [0.2, 0.25) is 0 Å². The third-order valence-electron chi connectivity index (χ3n) is 2.83. The highest BCUT2D eigenvalue weighted by atomic mass is 32.2. The van der Waals surface area contributed by atoms with Crippen LogP contribution in [0.5, 0.6) is 0 Å². The molecule has 0 saturated heterocycles. The zero-order valence-corrected chi connectivity index (χ0v) is 12.8. The van der Waals surface area contributed by atoms with Crippen LogP contribution in [-0.2, 0) is 10.0 Å². The highest BCUT2D eigenvalue weighted by Crippen LogP contribution is 2.10. The minimum Gasteiger partial charge on any atom is -0.352 e. The SMILES string of the molecule is CCCCCNC(=O)c1ccc(S(=O)(=O)NCC)cc1. The van der Waals surface area contributed by atoms with Crippen molar-refractivity contribution in [2.75, 3.05) is 13.1 Å². The number of carbonyl (C=O) groups is 1. The summed E-state index contributed by atoms with van der Waals surface area (Å²) in [7, 11) is -3.46. The van der Waals surface area contributed by atoms with Gasteiger partial charge in [0, 0.05) is 18.7 Å². The van der Waals surface area contributed by atoms with E-state index < -0.39 is 10.0 Å². The predicted molar refractivity (Wildman–Crippen MR) is 79.2 cm³/mol. The molecule has 0 heterocycles. The molecule has 6 heteroatoms. The first kappa shape index (κ1) is 16.7. The van der Waals surface area contributed by atoms with E-state index in [9.17, 15) is 13.2 Å². The van der Waals surface area contributed by atoms with E-state index >= 15 is 0 Å². The summed E-state index contributed by atoms with van der Waals surface area (Å²) in [6.07, 6.45) is 3.14. The Labute approximate surface area is 120 Å². The van der Waals surface area contributed by atoms with Crippen molar-refractivity contribution in [3.63, 3.8) is 0 Å². The summed E-state index contributed by atoms with van der Waals surface area (Å²) in [5.41, 5.74) is 0.469. The van der Waals surface area contributed by atoms with Gasteiger partial charge in [-0.25, -0.2) is 13.1 Å². The summed E-state index contributed by atoms with van der Waals surface area (Å²) in [5, 5.41) is 2.81. The molecule has 1 amide bonds. The van der Waals surface area contributed by atoms with Crippen LogP contribution in [0, 0.1) is 0 Å². The van der Waals surface area contributed by atoms with Crippen LogP contribution in [0.1, 0.15) is 43.5 Å². The number of benzene rings is 1. The molecule has 5 nitrogen and oxygen atoms in total. The second kappa shape index (κ2) is 8.01. The first-order valence-corrected chi connectivity index (χ1v) is 8.37. The molecular weight excluding hydrogens is 276 g/mol. The molecule has 1 aromatic carbocycles. The second-order valence-corrected chi connectivity index (χ2v) is 6.26. The fourth-order valence-electron chi connectivity index (χ4n) is 1.74. The Kier molecular flexibility index (Phi) is 6.67. The molecule has 0 unspecified atom stereocenters. The average Bonchev–Trinajstić information content (AvgIpc) is 2.43. The van der Waals surface area contributed by atoms with Gasteiger partial charge in [-0.05, 0) is 30.7 Å². The van der Waals surface area contributed by atoms with E-state index in [1.54, 1.807) is 6.92 Å². The van der Waals surface area contributed by atoms with Crippen molar-refractivity contribution in [3.05, 3.63) is 29.8 Å². The van der Waals surface area contributed by atoms with Crippen molar-refractivity contribution >= 4 is 15.9 Å². The number of sulfonamides is 1. The highest BCUT2D eigenvalue weighted by molar-refractivity contribution is 7.89. The Hall–Kier alpha value is -1.40. The van der Waals surface area contributed by atoms with Crippen LogP contribution in [0.4, 0.5) is 0 Å². The fourth-order valence-corrected chi connectivity index (χ4v) is 2.78. The number of unbranched alkanes of at least 4 members (excludes halogenated alkanes) is 2. The van der Waals surface area contributed by atoms with Gasteiger partial charge in [-0.3, -0.25) is 4.79 Å². The molecule has 0 saturated carbocycles. The average molecular weight is 298 g/mol. The lowest BCUT2D eigenvalue weighted by Crippen LogP contribution is -2.25. The van der Waals surface area contributed by atoms with Gasteiger partial charge in [0.15, 0.2) is 0 Å². The van der Waals surface area contributed by atoms with Gasteiger partial charge in [-0.15, -0.1) is 0 Å². The molecule has 0 aliphatic heterocycles. The Balaban J connectivity index is 2.64. The Bertz CT molecular complexity index is 524. The first-order valence-electron chi connectivity index (χ1n) is 6.89. The minimum absolute atomic E-state index is 0.168. The van der Waals surface area contributed by atoms with Gasteiger partial charge in [0.05, 0.1) is 4.90 Å². The Morgan fingerprint density at radius 2 is 1.75 bits per heavy atom. The molecular formula is C14H22N2O3S. The molecule has 112 valence electrons. The maximum absolute atomic E-state index is 11.8. The molecule has 0 aliphatic carbocycles. The number of amides is 1. The molecule has 0 spiro atoms. The molecule has 0 radical (unpaired) electrons. The maximum atomic E-state index is 11.8. The van der Waals surface area contributed by atoms with Crippen LogP contribution in [-0.4, -0.2) is 27.4 Å². The van der Waals surface area contributed by atoms with Crippen LogP contribution in [0.15, 0.2) is 29.2 Å². The van der Waals surface area contributed by atoms with E-state index in [0.29, 0.717) is 18.7 Å². The lowest BCUT2D eigenvalue weighted by atomic mass is 10.2. The largest absolute Gasteiger partial charge is 0.352 e. The number of hydrogen-bond donors (Lipinski definition) is 2. The zero-order chi connectivity index (χ0) is 15.0. The number of carbonyl (C=O) groups excluding carboxylic acids is 1. The van der Waals surface area contributed by atoms with Gasteiger partial charge in [0.2, 0.25) is 10.0 Å². The minimum atomic E-state index is -3.46. The second-order valence-electron chi connectivity index (χ2n) is 4.49. The summed E-state index contributed by atoms with van der Waals surface area (Å²) in [5.74, 6) is -0.173. The van der Waals surface area contributed by atoms with E-state index in [1.165, 1.54) is 24.3 Å². The summed E-state index contributed by atoms with van der Waals surface area (Å²) in [6.45, 7) is 4.80. The molecule has 20 heavy (non-hydrogen) atoms.